The standard InChI is InChI=1S/C19H21N3O4/c20-14-3-4-17-16(12-14)22(6-5-21-7-10-24-11-8-21)19(23)18(26-17)13-15-2-1-9-25-15/h1-4,9,12-13H,5-8,10-11,20H2/b18-13+. The number of morpholine rings is 1. The van der Waals surface area contributed by atoms with Gasteiger partial charge in [-0.1, -0.05) is 0 Å². The second kappa shape index (κ2) is 7.23. The third-order valence-corrected chi connectivity index (χ3v) is 4.51. The summed E-state index contributed by atoms with van der Waals surface area (Å²) in [6.45, 7) is 4.51. The number of hydrogen-bond donors (Lipinski definition) is 1. The van der Waals surface area contributed by atoms with Crippen LogP contribution in [0.1, 0.15) is 5.76 Å². The Morgan fingerprint density at radius 1 is 1.15 bits per heavy atom. The normalized spacial score (nSPS) is 19.5. The summed E-state index contributed by atoms with van der Waals surface area (Å²) in [5.41, 5.74) is 7.21. The lowest BCUT2D eigenvalue weighted by Gasteiger charge is -2.33. The molecule has 0 aliphatic carbocycles. The van der Waals surface area contributed by atoms with Crippen LogP contribution in [0.15, 0.2) is 46.8 Å². The van der Waals surface area contributed by atoms with E-state index in [1.54, 1.807) is 47.6 Å². The zero-order valence-corrected chi connectivity index (χ0v) is 14.4. The van der Waals surface area contributed by atoms with E-state index in [1.165, 1.54) is 0 Å². The van der Waals surface area contributed by atoms with E-state index in [1.807, 2.05) is 0 Å². The molecule has 2 aromatic rings. The number of amides is 1. The number of nitrogens with zero attached hydrogens (tertiary/aromatic N) is 2. The molecule has 1 aromatic heterocycles. The van der Waals surface area contributed by atoms with E-state index < -0.39 is 0 Å². The maximum absolute atomic E-state index is 13.0. The molecule has 4 rings (SSSR count). The summed E-state index contributed by atoms with van der Waals surface area (Å²) in [6, 6.07) is 8.87. The minimum atomic E-state index is -0.201. The highest BCUT2D eigenvalue weighted by molar-refractivity contribution is 6.10. The van der Waals surface area contributed by atoms with Gasteiger partial charge in [-0.3, -0.25) is 9.69 Å². The fourth-order valence-electron chi connectivity index (χ4n) is 3.12. The van der Waals surface area contributed by atoms with Crippen molar-refractivity contribution < 1.29 is 18.7 Å². The number of furan rings is 1. The van der Waals surface area contributed by atoms with E-state index in [9.17, 15) is 4.79 Å². The van der Waals surface area contributed by atoms with E-state index in [0.29, 0.717) is 29.4 Å². The molecule has 3 heterocycles. The minimum absolute atomic E-state index is 0.201. The molecule has 1 fully saturated rings. The zero-order valence-electron chi connectivity index (χ0n) is 14.4. The number of ether oxygens (including phenoxy) is 2. The van der Waals surface area contributed by atoms with Crippen LogP contribution in [-0.2, 0) is 9.53 Å². The van der Waals surface area contributed by atoms with Crippen molar-refractivity contribution in [2.24, 2.45) is 0 Å². The van der Waals surface area contributed by atoms with Gasteiger partial charge in [0.05, 0.1) is 25.2 Å². The van der Waals surface area contributed by atoms with Gasteiger partial charge < -0.3 is 24.5 Å². The molecule has 136 valence electrons. The predicted molar refractivity (Wildman–Crippen MR) is 97.8 cm³/mol. The van der Waals surface area contributed by atoms with Crippen LogP contribution in [0, 0.1) is 0 Å². The molecule has 2 N–H and O–H groups in total. The van der Waals surface area contributed by atoms with Gasteiger partial charge in [0.25, 0.3) is 5.91 Å². The van der Waals surface area contributed by atoms with E-state index in [2.05, 4.69) is 4.90 Å². The highest BCUT2D eigenvalue weighted by Crippen LogP contribution is 2.37. The number of fused-ring (bicyclic) bond motifs is 1. The molecule has 0 atom stereocenters. The molecule has 0 radical (unpaired) electrons. The van der Waals surface area contributed by atoms with Gasteiger partial charge >= 0.3 is 0 Å². The lowest BCUT2D eigenvalue weighted by molar-refractivity contribution is -0.117. The van der Waals surface area contributed by atoms with Gasteiger partial charge in [-0.25, -0.2) is 0 Å². The van der Waals surface area contributed by atoms with Gasteiger partial charge in [0, 0.05) is 37.9 Å². The number of nitrogen functional groups attached to an aromatic ring is 1. The molecule has 0 unspecified atom stereocenters. The Bertz CT molecular complexity index is 810. The Kier molecular flexibility index (Phi) is 4.64. The number of hydrogen-bond acceptors (Lipinski definition) is 6. The maximum Gasteiger partial charge on any atom is 0.294 e. The largest absolute Gasteiger partial charge is 0.465 e. The number of rotatable bonds is 4. The van der Waals surface area contributed by atoms with Gasteiger partial charge in [0.1, 0.15) is 5.76 Å². The number of nitrogens with two attached hydrogens (primary N) is 1. The van der Waals surface area contributed by atoms with E-state index in [-0.39, 0.29) is 11.7 Å². The second-order valence-corrected chi connectivity index (χ2v) is 6.26. The quantitative estimate of drug-likeness (QED) is 0.667. The highest BCUT2D eigenvalue weighted by atomic mass is 16.5. The predicted octanol–water partition coefficient (Wildman–Crippen LogP) is 1.96. The molecule has 2 aliphatic heterocycles. The Balaban J connectivity index is 1.61. The number of anilines is 2. The number of carbonyl (C=O) groups is 1. The van der Waals surface area contributed by atoms with Crippen LogP contribution in [0.25, 0.3) is 6.08 Å². The van der Waals surface area contributed by atoms with Crippen LogP contribution in [-0.4, -0.2) is 50.2 Å². The molecule has 0 bridgehead atoms. The van der Waals surface area contributed by atoms with Gasteiger partial charge in [-0.15, -0.1) is 0 Å². The molecule has 1 amide bonds. The summed E-state index contributed by atoms with van der Waals surface area (Å²) >= 11 is 0. The Hall–Kier alpha value is -2.77. The van der Waals surface area contributed by atoms with Crippen molar-refractivity contribution in [2.75, 3.05) is 50.0 Å². The topological polar surface area (TPSA) is 81.2 Å². The molecule has 1 aromatic carbocycles. The van der Waals surface area contributed by atoms with Crippen molar-refractivity contribution in [1.29, 1.82) is 0 Å². The smallest absolute Gasteiger partial charge is 0.294 e. The average Bonchev–Trinajstić information content (AvgIpc) is 3.16. The maximum atomic E-state index is 13.0. The van der Waals surface area contributed by atoms with E-state index >= 15 is 0 Å². The van der Waals surface area contributed by atoms with Crippen LogP contribution in [0.5, 0.6) is 5.75 Å². The molecule has 2 aliphatic rings. The summed E-state index contributed by atoms with van der Waals surface area (Å²) in [5.74, 6) is 1.21. The van der Waals surface area contributed by atoms with Gasteiger partial charge in [0.15, 0.2) is 11.5 Å². The summed E-state index contributed by atoms with van der Waals surface area (Å²) in [4.78, 5) is 17.0. The lowest BCUT2D eigenvalue weighted by Crippen LogP contribution is -2.45. The SMILES string of the molecule is Nc1ccc2c(c1)N(CCN1CCOCC1)C(=O)/C(=C\c1ccco1)O2. The lowest BCUT2D eigenvalue weighted by atomic mass is 10.2. The first kappa shape index (κ1) is 16.7. The van der Waals surface area contributed by atoms with Crippen LogP contribution in [0.2, 0.25) is 0 Å². The monoisotopic (exact) mass is 355 g/mol. The first-order chi connectivity index (χ1) is 12.7. The van der Waals surface area contributed by atoms with E-state index in [4.69, 9.17) is 19.6 Å². The van der Waals surface area contributed by atoms with Crippen molar-refractivity contribution in [1.82, 2.24) is 4.90 Å². The summed E-state index contributed by atoms with van der Waals surface area (Å²) in [6.07, 6.45) is 3.17. The minimum Gasteiger partial charge on any atom is -0.465 e. The molecular formula is C19H21N3O4. The fourth-order valence-corrected chi connectivity index (χ4v) is 3.12. The molecule has 7 nitrogen and oxygen atoms in total. The van der Waals surface area contributed by atoms with Crippen molar-refractivity contribution >= 4 is 23.4 Å². The summed E-state index contributed by atoms with van der Waals surface area (Å²) in [5, 5.41) is 0. The number of carbonyl (C=O) groups excluding carboxylic acids is 1. The first-order valence-electron chi connectivity index (χ1n) is 8.65. The molecule has 26 heavy (non-hydrogen) atoms. The third kappa shape index (κ3) is 3.44. The van der Waals surface area contributed by atoms with Crippen LogP contribution in [0.3, 0.4) is 0 Å². The zero-order chi connectivity index (χ0) is 17.9. The van der Waals surface area contributed by atoms with Crippen molar-refractivity contribution in [3.8, 4) is 5.75 Å². The van der Waals surface area contributed by atoms with Crippen molar-refractivity contribution in [3.05, 3.63) is 48.1 Å². The Morgan fingerprint density at radius 3 is 2.77 bits per heavy atom. The van der Waals surface area contributed by atoms with Crippen LogP contribution in [0.4, 0.5) is 11.4 Å². The molecule has 0 spiro atoms. The average molecular weight is 355 g/mol. The van der Waals surface area contributed by atoms with Crippen molar-refractivity contribution in [2.45, 2.75) is 0 Å². The van der Waals surface area contributed by atoms with Gasteiger partial charge in [-0.05, 0) is 30.3 Å². The Morgan fingerprint density at radius 2 is 2.00 bits per heavy atom. The third-order valence-electron chi connectivity index (χ3n) is 4.51. The van der Waals surface area contributed by atoms with Gasteiger partial charge in [-0.2, -0.15) is 0 Å². The van der Waals surface area contributed by atoms with E-state index in [0.717, 1.165) is 32.8 Å². The Labute approximate surface area is 151 Å². The summed E-state index contributed by atoms with van der Waals surface area (Å²) in [7, 11) is 0. The molecule has 0 saturated carbocycles. The van der Waals surface area contributed by atoms with Gasteiger partial charge in [0.2, 0.25) is 0 Å². The van der Waals surface area contributed by atoms with Crippen molar-refractivity contribution in [3.63, 3.8) is 0 Å². The second-order valence-electron chi connectivity index (χ2n) is 6.26. The highest BCUT2D eigenvalue weighted by Gasteiger charge is 2.31. The molecule has 1 saturated heterocycles. The molecule has 7 heteroatoms. The summed E-state index contributed by atoms with van der Waals surface area (Å²) < 4.78 is 16.5. The van der Waals surface area contributed by atoms with Crippen LogP contribution < -0.4 is 15.4 Å². The van der Waals surface area contributed by atoms with Crippen LogP contribution >= 0.6 is 0 Å². The number of benzene rings is 1. The molecular weight excluding hydrogens is 334 g/mol. The first-order valence-corrected chi connectivity index (χ1v) is 8.65. The fraction of sp³-hybridized carbons (Fsp3) is 0.316.